The molecule has 3 atom stereocenters. The smallest absolute Gasteiger partial charge is 0.211 e. The van der Waals surface area contributed by atoms with Gasteiger partial charge < -0.3 is 15.4 Å². The number of nitrogens with two attached hydrogens (primary N) is 1. The number of aromatic nitrogens is 4. The zero-order chi connectivity index (χ0) is 26.7. The number of nitrogen functional groups attached to an aromatic ring is 1. The predicted octanol–water partition coefficient (Wildman–Crippen LogP) is 4.41. The van der Waals surface area contributed by atoms with E-state index < -0.39 is 11.0 Å². The third-order valence-corrected chi connectivity index (χ3v) is 10.0. The van der Waals surface area contributed by atoms with E-state index in [0.717, 1.165) is 48.8 Å². The van der Waals surface area contributed by atoms with Crippen LogP contribution in [0.4, 0.5) is 11.8 Å². The van der Waals surface area contributed by atoms with Crippen molar-refractivity contribution in [3.63, 3.8) is 0 Å². The number of nitrogens with zero attached hydrogens (tertiary/aromatic N) is 5. The number of rotatable bonds is 4. The zero-order valence-electron chi connectivity index (χ0n) is 21.7. The van der Waals surface area contributed by atoms with Crippen molar-refractivity contribution in [1.82, 2.24) is 24.1 Å². The number of aryl methyl sites for hydroxylation is 1. The van der Waals surface area contributed by atoms with Gasteiger partial charge in [-0.05, 0) is 47.5 Å². The van der Waals surface area contributed by atoms with E-state index >= 15 is 0 Å². The Balaban J connectivity index is 1.44. The largest absolute Gasteiger partial charge is 0.382 e. The zero-order valence-corrected chi connectivity index (χ0v) is 24.0. The number of pyridine rings is 1. The molecule has 0 aliphatic carbocycles. The average Bonchev–Trinajstić information content (AvgIpc) is 3.44. The highest BCUT2D eigenvalue weighted by molar-refractivity contribution is 7.84. The van der Waals surface area contributed by atoms with E-state index in [0.29, 0.717) is 17.2 Å². The van der Waals surface area contributed by atoms with Gasteiger partial charge in [-0.25, -0.2) is 23.9 Å². The highest BCUT2D eigenvalue weighted by atomic mass is 35.5. The molecule has 0 radical (unpaired) electrons. The number of ether oxygens (including phenoxy) is 1. The van der Waals surface area contributed by atoms with Crippen molar-refractivity contribution in [2.24, 2.45) is 5.41 Å². The Kier molecular flexibility index (Phi) is 6.94. The molecule has 3 N–H and O–H groups in total. The quantitative estimate of drug-likeness (QED) is 0.481. The van der Waals surface area contributed by atoms with Crippen molar-refractivity contribution in [1.29, 1.82) is 0 Å². The maximum absolute atomic E-state index is 12.9. The summed E-state index contributed by atoms with van der Waals surface area (Å²) in [4.78, 5) is 16.1. The number of piperidine rings is 1. The van der Waals surface area contributed by atoms with E-state index in [-0.39, 0.29) is 33.1 Å². The summed E-state index contributed by atoms with van der Waals surface area (Å²) in [6, 6.07) is 0.0324. The van der Waals surface area contributed by atoms with Crippen molar-refractivity contribution in [3.8, 4) is 11.1 Å². The molecule has 5 rings (SSSR count). The molecule has 5 heterocycles. The van der Waals surface area contributed by atoms with Crippen molar-refractivity contribution < 1.29 is 8.95 Å². The first-order valence-electron chi connectivity index (χ1n) is 12.4. The second-order valence-electron chi connectivity index (χ2n) is 11.0. The lowest BCUT2D eigenvalue weighted by molar-refractivity contribution is 0.0972. The lowest BCUT2D eigenvalue weighted by Crippen LogP contribution is -2.55. The molecule has 3 aromatic heterocycles. The summed E-state index contributed by atoms with van der Waals surface area (Å²) in [5, 5.41) is 0.551. The minimum atomic E-state index is -1.16. The topological polar surface area (TPSA) is 111 Å². The summed E-state index contributed by atoms with van der Waals surface area (Å²) >= 11 is 12.8. The molecule has 12 heteroatoms. The van der Waals surface area contributed by atoms with Gasteiger partial charge in [0.1, 0.15) is 16.5 Å². The molecule has 0 aromatic carbocycles. The van der Waals surface area contributed by atoms with Crippen molar-refractivity contribution >= 4 is 51.6 Å². The van der Waals surface area contributed by atoms with Gasteiger partial charge >= 0.3 is 0 Å². The van der Waals surface area contributed by atoms with E-state index in [1.165, 1.54) is 0 Å². The van der Waals surface area contributed by atoms with Gasteiger partial charge in [0.05, 0.1) is 45.2 Å². The van der Waals surface area contributed by atoms with Gasteiger partial charge in [0.15, 0.2) is 0 Å². The number of imidazole rings is 1. The van der Waals surface area contributed by atoms with Crippen LogP contribution in [0.25, 0.3) is 16.8 Å². The molecule has 2 aliphatic heterocycles. The molecule has 37 heavy (non-hydrogen) atoms. The number of hydrogen-bond acceptors (Lipinski definition) is 7. The van der Waals surface area contributed by atoms with Gasteiger partial charge in [-0.15, -0.1) is 0 Å². The van der Waals surface area contributed by atoms with Gasteiger partial charge in [-0.2, -0.15) is 0 Å². The molecule has 2 fully saturated rings. The first-order chi connectivity index (χ1) is 17.4. The molecular formula is C25H33Cl2N7O2S. The van der Waals surface area contributed by atoms with Crippen LogP contribution in [0.2, 0.25) is 10.0 Å². The second kappa shape index (κ2) is 9.64. The summed E-state index contributed by atoms with van der Waals surface area (Å²) in [6.45, 7) is 12.2. The molecule has 1 spiro atoms. The van der Waals surface area contributed by atoms with E-state index in [2.05, 4.69) is 26.5 Å². The standard InChI is InChI=1S/C25H33Cl2N7O2S/c1-14-17(16-12-30-21(28)19(27)18(16)26)22-29-8-11-34(22)23(31-14)33-9-6-25(7-10-33)13-36-15(2)20(25)32-37(35)24(3,4)5/h8,11-12,15,20,32H,6-7,9-10,13H2,1-5H3,(H2,28,30)/t15-,20+,37+/m0/s1. The van der Waals surface area contributed by atoms with Crippen molar-refractivity contribution in [2.75, 3.05) is 30.3 Å². The highest BCUT2D eigenvalue weighted by Crippen LogP contribution is 2.44. The van der Waals surface area contributed by atoms with Gasteiger partial charge in [-0.3, -0.25) is 4.40 Å². The number of fused-ring (bicyclic) bond motifs is 1. The van der Waals surface area contributed by atoms with Crippen molar-refractivity contribution in [2.45, 2.75) is 64.4 Å². The average molecular weight is 567 g/mol. The Morgan fingerprint density at radius 2 is 1.92 bits per heavy atom. The molecule has 2 saturated heterocycles. The fraction of sp³-hybridized carbons (Fsp3) is 0.560. The maximum Gasteiger partial charge on any atom is 0.211 e. The molecular weight excluding hydrogens is 533 g/mol. The van der Waals surface area contributed by atoms with Crippen LogP contribution in [0.3, 0.4) is 0 Å². The summed E-state index contributed by atoms with van der Waals surface area (Å²) in [5.41, 5.74) is 8.68. The minimum absolute atomic E-state index is 0.00273. The maximum atomic E-state index is 12.9. The van der Waals surface area contributed by atoms with Crippen LogP contribution in [0, 0.1) is 12.3 Å². The monoisotopic (exact) mass is 565 g/mol. The number of nitrogens with one attached hydrogen (secondary N) is 1. The Hall–Kier alpha value is -1.98. The molecule has 9 nitrogen and oxygen atoms in total. The van der Waals surface area contributed by atoms with Crippen LogP contribution in [-0.2, 0) is 15.7 Å². The molecule has 200 valence electrons. The fourth-order valence-corrected chi connectivity index (χ4v) is 6.78. The van der Waals surface area contributed by atoms with E-state index in [1.54, 1.807) is 12.4 Å². The molecule has 3 aromatic rings. The summed E-state index contributed by atoms with van der Waals surface area (Å²) in [5.74, 6) is 1.01. The van der Waals surface area contributed by atoms with Gasteiger partial charge in [0, 0.05) is 48.2 Å². The van der Waals surface area contributed by atoms with E-state index in [4.69, 9.17) is 38.7 Å². The highest BCUT2D eigenvalue weighted by Gasteiger charge is 2.50. The number of halogens is 2. The van der Waals surface area contributed by atoms with E-state index in [9.17, 15) is 4.21 Å². The van der Waals surface area contributed by atoms with Gasteiger partial charge in [-0.1, -0.05) is 23.2 Å². The third kappa shape index (κ3) is 4.61. The van der Waals surface area contributed by atoms with Crippen LogP contribution in [0.15, 0.2) is 18.6 Å². The molecule has 0 saturated carbocycles. The Labute approximate surface area is 229 Å². The first kappa shape index (κ1) is 26.6. The number of hydrogen-bond donors (Lipinski definition) is 2. The molecule has 0 unspecified atom stereocenters. The Morgan fingerprint density at radius 1 is 1.22 bits per heavy atom. The predicted molar refractivity (Wildman–Crippen MR) is 150 cm³/mol. The van der Waals surface area contributed by atoms with Gasteiger partial charge in [0.2, 0.25) is 5.95 Å². The van der Waals surface area contributed by atoms with Gasteiger partial charge in [0.25, 0.3) is 0 Å². The lowest BCUT2D eigenvalue weighted by Gasteiger charge is -2.43. The van der Waals surface area contributed by atoms with E-state index in [1.807, 2.05) is 38.3 Å². The van der Waals surface area contributed by atoms with Crippen LogP contribution in [0.1, 0.15) is 46.2 Å². The molecule has 0 amide bonds. The Morgan fingerprint density at radius 3 is 2.59 bits per heavy atom. The summed E-state index contributed by atoms with van der Waals surface area (Å²) in [7, 11) is -1.16. The van der Waals surface area contributed by atoms with Crippen LogP contribution < -0.4 is 15.4 Å². The lowest BCUT2D eigenvalue weighted by atomic mass is 9.73. The number of anilines is 2. The Bertz CT molecular complexity index is 1370. The summed E-state index contributed by atoms with van der Waals surface area (Å²) in [6.07, 6.45) is 7.08. The molecule has 0 bridgehead atoms. The van der Waals surface area contributed by atoms with Crippen molar-refractivity contribution in [3.05, 3.63) is 34.3 Å². The second-order valence-corrected chi connectivity index (χ2v) is 13.8. The minimum Gasteiger partial charge on any atom is -0.382 e. The van der Waals surface area contributed by atoms with Crippen LogP contribution in [0.5, 0.6) is 0 Å². The van der Waals surface area contributed by atoms with Crippen LogP contribution >= 0.6 is 23.2 Å². The normalized spacial score (nSPS) is 22.7. The third-order valence-electron chi connectivity index (χ3n) is 7.56. The van der Waals surface area contributed by atoms with Crippen LogP contribution in [-0.4, -0.2) is 60.2 Å². The molecule has 2 aliphatic rings. The first-order valence-corrected chi connectivity index (χ1v) is 14.3. The summed E-state index contributed by atoms with van der Waals surface area (Å²) < 4.78 is 24.1. The SMILES string of the molecule is Cc1nc(N2CCC3(CC2)CO[C@@H](C)[C@H]3N[S@](=O)C(C)(C)C)n2ccnc2c1-c1cnc(N)c(Cl)c1Cl. The fourth-order valence-electron chi connectivity index (χ4n) is 5.36.